The maximum Gasteiger partial charge on any atom is 0.257 e. The highest BCUT2D eigenvalue weighted by atomic mass is 32.1. The lowest BCUT2D eigenvalue weighted by molar-refractivity contribution is 0.0876. The van der Waals surface area contributed by atoms with Crippen LogP contribution in [0.5, 0.6) is 11.8 Å². The molecule has 136 valence electrons. The van der Waals surface area contributed by atoms with Gasteiger partial charge in [-0.25, -0.2) is 4.98 Å². The van der Waals surface area contributed by atoms with Crippen LogP contribution in [0.2, 0.25) is 0 Å². The quantitative estimate of drug-likeness (QED) is 0.773. The number of amides is 1. The first-order valence-corrected chi connectivity index (χ1v) is 8.83. The van der Waals surface area contributed by atoms with Crippen LogP contribution < -0.4 is 14.8 Å². The summed E-state index contributed by atoms with van der Waals surface area (Å²) in [6.07, 6.45) is -0.277. The van der Waals surface area contributed by atoms with Crippen molar-refractivity contribution in [2.45, 2.75) is 39.9 Å². The average Bonchev–Trinajstić information content (AvgIpc) is 2.91. The van der Waals surface area contributed by atoms with E-state index in [1.54, 1.807) is 19.2 Å². The molecule has 0 aliphatic carbocycles. The van der Waals surface area contributed by atoms with E-state index in [2.05, 4.69) is 15.3 Å². The van der Waals surface area contributed by atoms with Gasteiger partial charge in [-0.05, 0) is 27.7 Å². The van der Waals surface area contributed by atoms with Gasteiger partial charge in [0.1, 0.15) is 6.10 Å². The number of methoxy groups -OCH3 is 1. The zero-order chi connectivity index (χ0) is 18.4. The third-order valence-electron chi connectivity index (χ3n) is 2.96. The van der Waals surface area contributed by atoms with Gasteiger partial charge >= 0.3 is 0 Å². The molecule has 0 aliphatic heterocycles. The molecule has 1 N–H and O–H groups in total. The molecule has 0 bridgehead atoms. The van der Waals surface area contributed by atoms with Gasteiger partial charge in [0.2, 0.25) is 11.8 Å². The molecule has 0 aliphatic rings. The lowest BCUT2D eigenvalue weighted by Gasteiger charge is -2.16. The molecule has 2 aromatic rings. The van der Waals surface area contributed by atoms with Crippen molar-refractivity contribution in [1.82, 2.24) is 9.97 Å². The number of aryl methyl sites for hydroxylation is 1. The maximum absolute atomic E-state index is 12.5. The Morgan fingerprint density at radius 1 is 1.20 bits per heavy atom. The first-order chi connectivity index (χ1) is 11.9. The monoisotopic (exact) mass is 365 g/mol. The minimum absolute atomic E-state index is 0.0725. The van der Waals surface area contributed by atoms with E-state index in [1.807, 2.05) is 33.1 Å². The van der Waals surface area contributed by atoms with Crippen molar-refractivity contribution in [2.75, 3.05) is 19.0 Å². The first-order valence-electron chi connectivity index (χ1n) is 7.95. The molecule has 0 saturated carbocycles. The molecule has 2 rings (SSSR count). The van der Waals surface area contributed by atoms with Gasteiger partial charge in [0.15, 0.2) is 5.13 Å². The SMILES string of the molecule is COC[C@H](C)Oc1cc(C(=O)Nc2nc(C)cs2)cc(OC(C)C)n1. The number of rotatable bonds is 8. The minimum Gasteiger partial charge on any atom is -0.475 e. The van der Waals surface area contributed by atoms with Crippen LogP contribution in [-0.2, 0) is 4.74 Å². The highest BCUT2D eigenvalue weighted by molar-refractivity contribution is 7.13. The normalized spacial score (nSPS) is 12.1. The van der Waals surface area contributed by atoms with Crippen molar-refractivity contribution in [1.29, 1.82) is 0 Å². The molecule has 7 nitrogen and oxygen atoms in total. The fourth-order valence-corrected chi connectivity index (χ4v) is 2.71. The molecular formula is C17H23N3O4S. The largest absolute Gasteiger partial charge is 0.475 e. The van der Waals surface area contributed by atoms with Crippen molar-refractivity contribution < 1.29 is 19.0 Å². The summed E-state index contributed by atoms with van der Waals surface area (Å²) >= 11 is 1.37. The Morgan fingerprint density at radius 3 is 2.44 bits per heavy atom. The molecule has 2 aromatic heterocycles. The number of ether oxygens (including phenoxy) is 3. The zero-order valence-electron chi connectivity index (χ0n) is 15.0. The molecule has 0 fully saturated rings. The van der Waals surface area contributed by atoms with Crippen LogP contribution in [0.15, 0.2) is 17.5 Å². The standard InChI is InChI=1S/C17H23N3O4S/c1-10(2)23-14-6-13(7-15(19-14)24-12(4)8-22-5)16(21)20-17-18-11(3)9-25-17/h6-7,9-10,12H,8H2,1-5H3,(H,18,20,21)/t12-/m0/s1. The molecule has 1 atom stereocenters. The number of anilines is 1. The van der Waals surface area contributed by atoms with E-state index in [9.17, 15) is 4.79 Å². The Hall–Kier alpha value is -2.19. The minimum atomic E-state index is -0.297. The number of hydrogen-bond donors (Lipinski definition) is 1. The van der Waals surface area contributed by atoms with Crippen LogP contribution >= 0.6 is 11.3 Å². The molecule has 0 spiro atoms. The van der Waals surface area contributed by atoms with Crippen LogP contribution in [-0.4, -0.2) is 41.8 Å². The van der Waals surface area contributed by atoms with Gasteiger partial charge in [-0.1, -0.05) is 0 Å². The van der Waals surface area contributed by atoms with Gasteiger partial charge in [0.25, 0.3) is 5.91 Å². The van der Waals surface area contributed by atoms with Crippen molar-refractivity contribution in [3.05, 3.63) is 28.8 Å². The van der Waals surface area contributed by atoms with Gasteiger partial charge in [-0.15, -0.1) is 11.3 Å². The lowest BCUT2D eigenvalue weighted by Crippen LogP contribution is -2.20. The fraction of sp³-hybridized carbons (Fsp3) is 0.471. The Bertz CT molecular complexity index is 718. The maximum atomic E-state index is 12.5. The van der Waals surface area contributed by atoms with Crippen LogP contribution in [0.4, 0.5) is 5.13 Å². The zero-order valence-corrected chi connectivity index (χ0v) is 15.8. The second kappa shape index (κ2) is 8.77. The summed E-state index contributed by atoms with van der Waals surface area (Å²) in [7, 11) is 1.60. The summed E-state index contributed by atoms with van der Waals surface area (Å²) in [6, 6.07) is 3.17. The molecule has 8 heteroatoms. The number of carbonyl (C=O) groups is 1. The highest BCUT2D eigenvalue weighted by Crippen LogP contribution is 2.22. The summed E-state index contributed by atoms with van der Waals surface area (Å²) in [5, 5.41) is 5.18. The molecule has 25 heavy (non-hydrogen) atoms. The fourth-order valence-electron chi connectivity index (χ4n) is 2.03. The van der Waals surface area contributed by atoms with E-state index in [4.69, 9.17) is 14.2 Å². The molecule has 0 aromatic carbocycles. The summed E-state index contributed by atoms with van der Waals surface area (Å²) in [5.41, 5.74) is 1.24. The first kappa shape index (κ1) is 19.1. The molecule has 0 radical (unpaired) electrons. The van der Waals surface area contributed by atoms with Crippen LogP contribution in [0.1, 0.15) is 36.8 Å². The predicted octanol–water partition coefficient (Wildman–Crippen LogP) is 3.30. The van der Waals surface area contributed by atoms with Crippen LogP contribution in [0.3, 0.4) is 0 Å². The number of hydrogen-bond acceptors (Lipinski definition) is 7. The van der Waals surface area contributed by atoms with Gasteiger partial charge in [0, 0.05) is 24.6 Å². The molecule has 0 saturated heterocycles. The number of nitrogens with zero attached hydrogens (tertiary/aromatic N) is 2. The number of nitrogens with one attached hydrogen (secondary N) is 1. The van der Waals surface area contributed by atoms with E-state index < -0.39 is 0 Å². The summed E-state index contributed by atoms with van der Waals surface area (Å²) in [5.74, 6) is 0.343. The second-order valence-corrected chi connectivity index (χ2v) is 6.69. The van der Waals surface area contributed by atoms with Crippen molar-refractivity contribution >= 4 is 22.4 Å². The van der Waals surface area contributed by atoms with E-state index in [0.29, 0.717) is 29.1 Å². The Morgan fingerprint density at radius 2 is 1.88 bits per heavy atom. The molecule has 1 amide bonds. The predicted molar refractivity (Wildman–Crippen MR) is 96.8 cm³/mol. The van der Waals surface area contributed by atoms with E-state index in [0.717, 1.165) is 5.69 Å². The van der Waals surface area contributed by atoms with Gasteiger partial charge in [0.05, 0.1) is 24.0 Å². The van der Waals surface area contributed by atoms with Crippen LogP contribution in [0.25, 0.3) is 0 Å². The Kier molecular flexibility index (Phi) is 6.72. The summed E-state index contributed by atoms with van der Waals surface area (Å²) in [6.45, 7) is 7.92. The molecular weight excluding hydrogens is 342 g/mol. The number of aromatic nitrogens is 2. The number of carbonyl (C=O) groups excluding carboxylic acids is 1. The summed E-state index contributed by atoms with van der Waals surface area (Å²) < 4.78 is 16.4. The smallest absolute Gasteiger partial charge is 0.257 e. The topological polar surface area (TPSA) is 82.6 Å². The summed E-state index contributed by atoms with van der Waals surface area (Å²) in [4.78, 5) is 21.0. The van der Waals surface area contributed by atoms with Gasteiger partial charge in [-0.3, -0.25) is 10.1 Å². The number of pyridine rings is 1. The van der Waals surface area contributed by atoms with E-state index >= 15 is 0 Å². The van der Waals surface area contributed by atoms with Crippen molar-refractivity contribution in [3.8, 4) is 11.8 Å². The average molecular weight is 365 g/mol. The van der Waals surface area contributed by atoms with Gasteiger partial charge < -0.3 is 14.2 Å². The lowest BCUT2D eigenvalue weighted by atomic mass is 10.2. The van der Waals surface area contributed by atoms with Gasteiger partial charge in [-0.2, -0.15) is 4.98 Å². The second-order valence-electron chi connectivity index (χ2n) is 5.83. The third-order valence-corrected chi connectivity index (χ3v) is 3.84. The van der Waals surface area contributed by atoms with Crippen molar-refractivity contribution in [3.63, 3.8) is 0 Å². The molecule has 0 unspecified atom stereocenters. The van der Waals surface area contributed by atoms with E-state index in [1.165, 1.54) is 11.3 Å². The van der Waals surface area contributed by atoms with Crippen molar-refractivity contribution in [2.24, 2.45) is 0 Å². The van der Waals surface area contributed by atoms with E-state index in [-0.39, 0.29) is 18.1 Å². The number of thiazole rings is 1. The Labute approximate surface area is 151 Å². The third kappa shape index (κ3) is 5.99. The Balaban J connectivity index is 2.23. The molecule has 2 heterocycles. The highest BCUT2D eigenvalue weighted by Gasteiger charge is 2.15. The van der Waals surface area contributed by atoms with Crippen LogP contribution in [0, 0.1) is 6.92 Å².